The zero-order valence-corrected chi connectivity index (χ0v) is 7.21. The Balaban J connectivity index is 2.21. The third-order valence-electron chi connectivity index (χ3n) is 2.43. The number of aromatic nitrogens is 1. The Morgan fingerprint density at radius 2 is 2.00 bits per heavy atom. The first-order valence-electron chi connectivity index (χ1n) is 4.41. The van der Waals surface area contributed by atoms with Crippen molar-refractivity contribution in [3.8, 4) is 0 Å². The first kappa shape index (κ1) is 8.69. The second-order valence-electron chi connectivity index (χ2n) is 3.37. The molecule has 0 bridgehead atoms. The van der Waals surface area contributed by atoms with Crippen molar-refractivity contribution < 1.29 is 8.78 Å². The number of piperidine rings is 1. The molecule has 0 spiro atoms. The van der Waals surface area contributed by atoms with E-state index in [0.717, 1.165) is 0 Å². The maximum atomic E-state index is 13.3. The lowest BCUT2D eigenvalue weighted by Gasteiger charge is -2.32. The van der Waals surface area contributed by atoms with Crippen molar-refractivity contribution in [2.45, 2.75) is 18.4 Å². The molecule has 1 aromatic rings. The summed E-state index contributed by atoms with van der Waals surface area (Å²) in [6, 6.07) is 2.87. The molecule has 0 saturated carbocycles. The molecule has 1 unspecified atom stereocenters. The Bertz CT molecular complexity index is 269. The largest absolute Gasteiger partial charge is 0.345 e. The molecular formula is C9H12F2N2. The molecule has 0 aromatic carbocycles. The van der Waals surface area contributed by atoms with Crippen LogP contribution in [-0.4, -0.2) is 23.6 Å². The molecular weight excluding hydrogens is 174 g/mol. The molecule has 2 nitrogen and oxygen atoms in total. The molecule has 1 N–H and O–H groups in total. The number of nitrogens with one attached hydrogen (secondary N) is 1. The normalized spacial score (nSPS) is 27.4. The fraction of sp³-hybridized carbons (Fsp3) is 0.556. The average Bonchev–Trinajstić information content (AvgIpc) is 2.55. The third-order valence-corrected chi connectivity index (χ3v) is 2.43. The van der Waals surface area contributed by atoms with Crippen molar-refractivity contribution in [3.05, 3.63) is 24.5 Å². The van der Waals surface area contributed by atoms with E-state index in [9.17, 15) is 8.78 Å². The Hall–Kier alpha value is -0.900. The number of halogens is 2. The van der Waals surface area contributed by atoms with Crippen LogP contribution in [0.4, 0.5) is 8.78 Å². The van der Waals surface area contributed by atoms with Crippen molar-refractivity contribution in [2.24, 2.45) is 0 Å². The van der Waals surface area contributed by atoms with E-state index >= 15 is 0 Å². The van der Waals surface area contributed by atoms with Crippen molar-refractivity contribution >= 4 is 0 Å². The van der Waals surface area contributed by atoms with Crippen LogP contribution in [-0.2, 0) is 0 Å². The smallest absolute Gasteiger partial charge is 0.280 e. The highest BCUT2D eigenvalue weighted by Gasteiger charge is 2.42. The zero-order valence-electron chi connectivity index (χ0n) is 7.21. The standard InChI is InChI=1S/C9H12F2N2/c10-9(11)7-12-4-3-8(9)13-5-1-2-6-13/h1-2,5-6,8,12H,3-4,7H2. The van der Waals surface area contributed by atoms with Crippen LogP contribution in [0.2, 0.25) is 0 Å². The summed E-state index contributed by atoms with van der Waals surface area (Å²) >= 11 is 0. The minimum Gasteiger partial charge on any atom is -0.345 e. The molecule has 1 fully saturated rings. The molecule has 2 heterocycles. The number of hydrogen-bond donors (Lipinski definition) is 1. The van der Waals surface area contributed by atoms with E-state index in [4.69, 9.17) is 0 Å². The van der Waals surface area contributed by atoms with Gasteiger partial charge in [-0.25, -0.2) is 8.78 Å². The topological polar surface area (TPSA) is 17.0 Å². The van der Waals surface area contributed by atoms with E-state index in [1.807, 2.05) is 0 Å². The van der Waals surface area contributed by atoms with Gasteiger partial charge in [-0.05, 0) is 25.1 Å². The van der Waals surface area contributed by atoms with Gasteiger partial charge in [0.05, 0.1) is 12.6 Å². The minimum atomic E-state index is -2.63. The SMILES string of the molecule is FC1(F)CNCCC1n1cccc1. The Morgan fingerprint density at radius 3 is 2.62 bits per heavy atom. The van der Waals surface area contributed by atoms with Gasteiger partial charge in [0.25, 0.3) is 5.92 Å². The maximum absolute atomic E-state index is 13.3. The van der Waals surface area contributed by atoms with Crippen LogP contribution in [0.15, 0.2) is 24.5 Å². The highest BCUT2D eigenvalue weighted by molar-refractivity contribution is 4.98. The van der Waals surface area contributed by atoms with Gasteiger partial charge in [-0.15, -0.1) is 0 Å². The van der Waals surface area contributed by atoms with Crippen LogP contribution >= 0.6 is 0 Å². The molecule has 72 valence electrons. The van der Waals surface area contributed by atoms with Gasteiger partial charge in [0.2, 0.25) is 0 Å². The molecule has 1 aliphatic heterocycles. The zero-order chi connectivity index (χ0) is 9.31. The molecule has 1 aliphatic rings. The van der Waals surface area contributed by atoms with Crippen LogP contribution in [0.3, 0.4) is 0 Å². The van der Waals surface area contributed by atoms with Crippen molar-refractivity contribution in [1.29, 1.82) is 0 Å². The molecule has 0 radical (unpaired) electrons. The lowest BCUT2D eigenvalue weighted by Crippen LogP contribution is -2.46. The van der Waals surface area contributed by atoms with Gasteiger partial charge in [-0.3, -0.25) is 0 Å². The highest BCUT2D eigenvalue weighted by Crippen LogP contribution is 2.33. The highest BCUT2D eigenvalue weighted by atomic mass is 19.3. The van der Waals surface area contributed by atoms with Crippen molar-refractivity contribution in [1.82, 2.24) is 9.88 Å². The van der Waals surface area contributed by atoms with Gasteiger partial charge in [0.15, 0.2) is 0 Å². The molecule has 1 aromatic heterocycles. The second kappa shape index (κ2) is 3.10. The lowest BCUT2D eigenvalue weighted by atomic mass is 10.0. The number of alkyl halides is 2. The molecule has 1 saturated heterocycles. The minimum absolute atomic E-state index is 0.212. The van der Waals surface area contributed by atoms with E-state index < -0.39 is 12.0 Å². The number of rotatable bonds is 1. The Kier molecular flexibility index (Phi) is 2.07. The molecule has 0 amide bonds. The van der Waals surface area contributed by atoms with E-state index in [1.165, 1.54) is 0 Å². The fourth-order valence-corrected chi connectivity index (χ4v) is 1.75. The van der Waals surface area contributed by atoms with E-state index in [2.05, 4.69) is 5.32 Å². The van der Waals surface area contributed by atoms with E-state index in [1.54, 1.807) is 29.1 Å². The quantitative estimate of drug-likeness (QED) is 0.705. The van der Waals surface area contributed by atoms with Gasteiger partial charge >= 0.3 is 0 Å². The van der Waals surface area contributed by atoms with Gasteiger partial charge in [-0.2, -0.15) is 0 Å². The van der Waals surface area contributed by atoms with Gasteiger partial charge in [0, 0.05) is 12.4 Å². The monoisotopic (exact) mass is 186 g/mol. The molecule has 0 aliphatic carbocycles. The predicted octanol–water partition coefficient (Wildman–Crippen LogP) is 1.66. The van der Waals surface area contributed by atoms with Gasteiger partial charge in [-0.1, -0.05) is 0 Å². The van der Waals surface area contributed by atoms with Gasteiger partial charge < -0.3 is 9.88 Å². The number of hydrogen-bond acceptors (Lipinski definition) is 1. The molecule has 13 heavy (non-hydrogen) atoms. The summed E-state index contributed by atoms with van der Waals surface area (Å²) in [5.41, 5.74) is 0. The fourth-order valence-electron chi connectivity index (χ4n) is 1.75. The summed E-state index contributed by atoms with van der Waals surface area (Å²) < 4.78 is 28.3. The summed E-state index contributed by atoms with van der Waals surface area (Å²) in [7, 11) is 0. The summed E-state index contributed by atoms with van der Waals surface area (Å²) in [4.78, 5) is 0. The first-order valence-corrected chi connectivity index (χ1v) is 4.41. The summed E-state index contributed by atoms with van der Waals surface area (Å²) in [6.07, 6.45) is 3.88. The average molecular weight is 186 g/mol. The first-order chi connectivity index (χ1) is 6.20. The number of nitrogens with zero attached hydrogens (tertiary/aromatic N) is 1. The molecule has 4 heteroatoms. The summed E-state index contributed by atoms with van der Waals surface area (Å²) in [6.45, 7) is 0.453. The van der Waals surface area contributed by atoms with Crippen LogP contribution < -0.4 is 5.32 Å². The van der Waals surface area contributed by atoms with Gasteiger partial charge in [0.1, 0.15) is 0 Å². The summed E-state index contributed by atoms with van der Waals surface area (Å²) in [5, 5.41) is 2.70. The van der Waals surface area contributed by atoms with Crippen LogP contribution in [0.1, 0.15) is 12.5 Å². The van der Waals surface area contributed by atoms with Crippen LogP contribution in [0.5, 0.6) is 0 Å². The Morgan fingerprint density at radius 1 is 1.31 bits per heavy atom. The summed E-state index contributed by atoms with van der Waals surface area (Å²) in [5.74, 6) is -2.63. The van der Waals surface area contributed by atoms with Crippen LogP contribution in [0, 0.1) is 0 Å². The lowest BCUT2D eigenvalue weighted by molar-refractivity contribution is -0.0657. The third kappa shape index (κ3) is 1.58. The second-order valence-corrected chi connectivity index (χ2v) is 3.37. The Labute approximate surface area is 75.6 Å². The van der Waals surface area contributed by atoms with Crippen molar-refractivity contribution in [3.63, 3.8) is 0 Å². The van der Waals surface area contributed by atoms with E-state index in [0.29, 0.717) is 13.0 Å². The van der Waals surface area contributed by atoms with Crippen molar-refractivity contribution in [2.75, 3.05) is 13.1 Å². The maximum Gasteiger partial charge on any atom is 0.280 e. The van der Waals surface area contributed by atoms with Crippen LogP contribution in [0.25, 0.3) is 0 Å². The molecule has 2 rings (SSSR count). The predicted molar refractivity (Wildman–Crippen MR) is 45.9 cm³/mol. The van der Waals surface area contributed by atoms with E-state index in [-0.39, 0.29) is 6.54 Å². The molecule has 1 atom stereocenters.